The van der Waals surface area contributed by atoms with Crippen LogP contribution in [0, 0.1) is 5.82 Å². The summed E-state index contributed by atoms with van der Waals surface area (Å²) >= 11 is 5.81. The van der Waals surface area contributed by atoms with Crippen molar-refractivity contribution in [1.82, 2.24) is 4.57 Å². The maximum absolute atomic E-state index is 13.2. The van der Waals surface area contributed by atoms with Gasteiger partial charge < -0.3 is 9.67 Å². The summed E-state index contributed by atoms with van der Waals surface area (Å²) in [5.74, 6) is -0.413. The molecule has 0 saturated carbocycles. The number of halogens is 2. The monoisotopic (exact) mass is 289 g/mol. The van der Waals surface area contributed by atoms with Crippen LogP contribution in [0.2, 0.25) is 5.02 Å². The van der Waals surface area contributed by atoms with Crippen molar-refractivity contribution >= 4 is 22.5 Å². The quantitative estimate of drug-likeness (QED) is 0.775. The van der Waals surface area contributed by atoms with Gasteiger partial charge in [-0.2, -0.15) is 0 Å². The second-order valence-electron chi connectivity index (χ2n) is 4.71. The largest absolute Gasteiger partial charge is 0.392 e. The van der Waals surface area contributed by atoms with Gasteiger partial charge in [0, 0.05) is 18.3 Å². The minimum atomic E-state index is -0.413. The van der Waals surface area contributed by atoms with E-state index in [9.17, 15) is 9.50 Å². The second-order valence-corrected chi connectivity index (χ2v) is 5.11. The fourth-order valence-electron chi connectivity index (χ4n) is 2.43. The summed E-state index contributed by atoms with van der Waals surface area (Å²) in [4.78, 5) is 0. The van der Waals surface area contributed by atoms with Gasteiger partial charge in [-0.3, -0.25) is 0 Å². The number of hydrogen-bond acceptors (Lipinski definition) is 1. The maximum Gasteiger partial charge on any atom is 0.141 e. The molecule has 20 heavy (non-hydrogen) atoms. The van der Waals surface area contributed by atoms with Gasteiger partial charge in [-0.15, -0.1) is 0 Å². The zero-order valence-corrected chi connectivity index (χ0v) is 11.4. The van der Waals surface area contributed by atoms with E-state index in [1.54, 1.807) is 12.1 Å². The number of aromatic nitrogens is 1. The van der Waals surface area contributed by atoms with Crippen molar-refractivity contribution in [2.45, 2.75) is 13.2 Å². The van der Waals surface area contributed by atoms with Crippen molar-refractivity contribution < 1.29 is 9.50 Å². The number of para-hydroxylation sites is 1. The van der Waals surface area contributed by atoms with Crippen LogP contribution < -0.4 is 0 Å². The zero-order valence-electron chi connectivity index (χ0n) is 10.7. The molecular weight excluding hydrogens is 277 g/mol. The molecule has 0 spiro atoms. The molecule has 1 heterocycles. The molecule has 3 aromatic rings. The molecule has 0 saturated heterocycles. The van der Waals surface area contributed by atoms with E-state index >= 15 is 0 Å². The van der Waals surface area contributed by atoms with E-state index in [0.29, 0.717) is 6.54 Å². The molecule has 2 nitrogen and oxygen atoms in total. The van der Waals surface area contributed by atoms with Gasteiger partial charge in [0.1, 0.15) is 5.82 Å². The standard InChI is InChI=1S/C16H13ClFNO/c17-14-8-11(4-5-15(14)18)9-19-7-6-12-2-1-3-13(10-20)16(12)19/h1-8,20H,9-10H2. The summed E-state index contributed by atoms with van der Waals surface area (Å²) < 4.78 is 15.2. The highest BCUT2D eigenvalue weighted by Gasteiger charge is 2.07. The number of nitrogens with zero attached hydrogens (tertiary/aromatic N) is 1. The minimum absolute atomic E-state index is 0.00841. The fraction of sp³-hybridized carbons (Fsp3) is 0.125. The van der Waals surface area contributed by atoms with E-state index < -0.39 is 5.82 Å². The zero-order chi connectivity index (χ0) is 14.1. The van der Waals surface area contributed by atoms with Crippen LogP contribution in [0.4, 0.5) is 4.39 Å². The van der Waals surface area contributed by atoms with Crippen molar-refractivity contribution in [2.24, 2.45) is 0 Å². The summed E-state index contributed by atoms with van der Waals surface area (Å²) in [7, 11) is 0. The summed E-state index contributed by atoms with van der Waals surface area (Å²) in [6, 6.07) is 12.5. The van der Waals surface area contributed by atoms with Gasteiger partial charge in [0.15, 0.2) is 0 Å². The Hall–Kier alpha value is -1.84. The molecular formula is C16H13ClFNO. The van der Waals surface area contributed by atoms with Crippen molar-refractivity contribution in [2.75, 3.05) is 0 Å². The van der Waals surface area contributed by atoms with Crippen LogP contribution in [0.1, 0.15) is 11.1 Å². The molecule has 0 bridgehead atoms. The topological polar surface area (TPSA) is 25.2 Å². The number of fused-ring (bicyclic) bond motifs is 1. The summed E-state index contributed by atoms with van der Waals surface area (Å²) in [6.45, 7) is 0.575. The number of rotatable bonds is 3. The maximum atomic E-state index is 13.2. The first-order chi connectivity index (χ1) is 9.69. The van der Waals surface area contributed by atoms with Crippen LogP contribution in [-0.2, 0) is 13.2 Å². The van der Waals surface area contributed by atoms with Gasteiger partial charge in [0.05, 0.1) is 17.1 Å². The van der Waals surface area contributed by atoms with E-state index in [0.717, 1.165) is 22.0 Å². The van der Waals surface area contributed by atoms with Crippen LogP contribution in [-0.4, -0.2) is 9.67 Å². The van der Waals surface area contributed by atoms with Gasteiger partial charge in [0.2, 0.25) is 0 Å². The third-order valence-corrected chi connectivity index (χ3v) is 3.67. The predicted octanol–water partition coefficient (Wildman–Crippen LogP) is 3.97. The average molecular weight is 290 g/mol. The molecule has 0 unspecified atom stereocenters. The minimum Gasteiger partial charge on any atom is -0.392 e. The first-order valence-corrected chi connectivity index (χ1v) is 6.68. The lowest BCUT2D eigenvalue weighted by Crippen LogP contribution is -2.00. The Morgan fingerprint density at radius 1 is 1.15 bits per heavy atom. The van der Waals surface area contributed by atoms with E-state index in [1.165, 1.54) is 6.07 Å². The van der Waals surface area contributed by atoms with Gasteiger partial charge in [-0.25, -0.2) is 4.39 Å². The third kappa shape index (κ3) is 2.30. The summed E-state index contributed by atoms with van der Waals surface area (Å²) in [5.41, 5.74) is 2.79. The van der Waals surface area contributed by atoms with Crippen LogP contribution in [0.25, 0.3) is 10.9 Å². The van der Waals surface area contributed by atoms with Crippen molar-refractivity contribution in [3.8, 4) is 0 Å². The third-order valence-electron chi connectivity index (χ3n) is 3.38. The molecule has 1 N–H and O–H groups in total. The summed E-state index contributed by atoms with van der Waals surface area (Å²) in [6.07, 6.45) is 1.96. The second kappa shape index (κ2) is 5.27. The molecule has 2 aromatic carbocycles. The van der Waals surface area contributed by atoms with E-state index in [2.05, 4.69) is 0 Å². The molecule has 4 heteroatoms. The highest BCUT2D eigenvalue weighted by molar-refractivity contribution is 6.30. The molecule has 1 aromatic heterocycles. The van der Waals surface area contributed by atoms with Crippen LogP contribution in [0.5, 0.6) is 0 Å². The van der Waals surface area contributed by atoms with Crippen molar-refractivity contribution in [3.63, 3.8) is 0 Å². The number of benzene rings is 2. The summed E-state index contributed by atoms with van der Waals surface area (Å²) in [5, 5.41) is 10.6. The Kier molecular flexibility index (Phi) is 3.47. The molecule has 3 rings (SSSR count). The van der Waals surface area contributed by atoms with Crippen LogP contribution in [0.15, 0.2) is 48.7 Å². The van der Waals surface area contributed by atoms with Crippen molar-refractivity contribution in [3.05, 3.63) is 70.6 Å². The molecule has 0 aliphatic carbocycles. The molecule has 102 valence electrons. The Morgan fingerprint density at radius 2 is 2.00 bits per heavy atom. The van der Waals surface area contributed by atoms with Crippen molar-refractivity contribution in [1.29, 1.82) is 0 Å². The Labute approximate surface area is 121 Å². The Morgan fingerprint density at radius 3 is 2.75 bits per heavy atom. The van der Waals surface area contributed by atoms with E-state index in [-0.39, 0.29) is 11.6 Å². The first-order valence-electron chi connectivity index (χ1n) is 6.30. The molecule has 0 atom stereocenters. The lowest BCUT2D eigenvalue weighted by atomic mass is 10.1. The Bertz CT molecular complexity index is 766. The van der Waals surface area contributed by atoms with Crippen LogP contribution in [0.3, 0.4) is 0 Å². The fourth-order valence-corrected chi connectivity index (χ4v) is 2.64. The normalized spacial score (nSPS) is 11.2. The molecule has 0 aliphatic rings. The van der Waals surface area contributed by atoms with E-state index in [1.807, 2.05) is 35.0 Å². The molecule has 0 amide bonds. The highest BCUT2D eigenvalue weighted by atomic mass is 35.5. The molecule has 0 aliphatic heterocycles. The lowest BCUT2D eigenvalue weighted by Gasteiger charge is -2.09. The van der Waals surface area contributed by atoms with E-state index in [4.69, 9.17) is 11.6 Å². The number of aliphatic hydroxyl groups excluding tert-OH is 1. The van der Waals surface area contributed by atoms with Gasteiger partial charge in [-0.05, 0) is 29.1 Å². The van der Waals surface area contributed by atoms with Gasteiger partial charge in [-0.1, -0.05) is 35.9 Å². The number of hydrogen-bond donors (Lipinski definition) is 1. The highest BCUT2D eigenvalue weighted by Crippen LogP contribution is 2.23. The molecule has 0 radical (unpaired) electrons. The SMILES string of the molecule is OCc1cccc2ccn(Cc3ccc(F)c(Cl)c3)c12. The predicted molar refractivity (Wildman–Crippen MR) is 78.4 cm³/mol. The van der Waals surface area contributed by atoms with Crippen LogP contribution >= 0.6 is 11.6 Å². The number of aliphatic hydroxyl groups is 1. The average Bonchev–Trinajstić information content (AvgIpc) is 2.86. The first kappa shape index (κ1) is 13.2. The van der Waals surface area contributed by atoms with Gasteiger partial charge in [0.25, 0.3) is 0 Å². The smallest absolute Gasteiger partial charge is 0.141 e. The van der Waals surface area contributed by atoms with Gasteiger partial charge >= 0.3 is 0 Å². The Balaban J connectivity index is 2.04. The lowest BCUT2D eigenvalue weighted by molar-refractivity contribution is 0.283. The molecule has 0 fully saturated rings.